The molecule has 2 aromatic rings. The number of methoxy groups -OCH3 is 1. The van der Waals surface area contributed by atoms with Gasteiger partial charge in [-0.3, -0.25) is 9.69 Å². The third-order valence-electron chi connectivity index (χ3n) is 5.72. The number of hydrogen-bond donors (Lipinski definition) is 0. The van der Waals surface area contributed by atoms with E-state index in [0.29, 0.717) is 34.4 Å². The van der Waals surface area contributed by atoms with E-state index in [1.54, 1.807) is 23.1 Å². The first-order valence-electron chi connectivity index (χ1n) is 9.62. The first-order valence-corrected chi connectivity index (χ1v) is 12.2. The molecule has 2 aromatic carbocycles. The largest absolute Gasteiger partial charge is 0.495 e. The van der Waals surface area contributed by atoms with Crippen LogP contribution in [0.25, 0.3) is 0 Å². The van der Waals surface area contributed by atoms with E-state index in [1.165, 1.54) is 7.11 Å². The van der Waals surface area contributed by atoms with Gasteiger partial charge in [0.05, 0.1) is 36.2 Å². The van der Waals surface area contributed by atoms with Crippen molar-refractivity contribution in [2.75, 3.05) is 36.6 Å². The maximum atomic E-state index is 13.1. The predicted molar refractivity (Wildman–Crippen MR) is 118 cm³/mol. The minimum atomic E-state index is -3.25. The molecular formula is C21H22Cl2N2O4S. The summed E-state index contributed by atoms with van der Waals surface area (Å²) in [6.45, 7) is 0.759. The van der Waals surface area contributed by atoms with Gasteiger partial charge in [-0.25, -0.2) is 8.42 Å². The summed E-state index contributed by atoms with van der Waals surface area (Å²) in [4.78, 5) is 16.7. The highest BCUT2D eigenvalue weighted by molar-refractivity contribution is 7.91. The third kappa shape index (κ3) is 4.30. The SMILES string of the molecule is COc1ccc(N2C(=O)CN(CCc3ccc(Cl)cc3)[C@H]3CS(=O)(=O)C[C@H]32)cc1Cl. The molecule has 2 aliphatic rings. The number of rotatable bonds is 5. The van der Waals surface area contributed by atoms with Gasteiger partial charge in [-0.2, -0.15) is 0 Å². The quantitative estimate of drug-likeness (QED) is 0.674. The lowest BCUT2D eigenvalue weighted by Crippen LogP contribution is -2.62. The molecule has 0 N–H and O–H groups in total. The van der Waals surface area contributed by atoms with Crippen molar-refractivity contribution in [3.8, 4) is 5.75 Å². The molecule has 0 aromatic heterocycles. The van der Waals surface area contributed by atoms with Crippen LogP contribution in [-0.4, -0.2) is 63.0 Å². The lowest BCUT2D eigenvalue weighted by molar-refractivity contribution is -0.123. The molecule has 30 heavy (non-hydrogen) atoms. The van der Waals surface area contributed by atoms with Crippen LogP contribution in [-0.2, 0) is 21.1 Å². The highest BCUT2D eigenvalue weighted by atomic mass is 35.5. The highest BCUT2D eigenvalue weighted by Crippen LogP contribution is 2.35. The topological polar surface area (TPSA) is 66.9 Å². The number of ether oxygens (including phenoxy) is 1. The first kappa shape index (κ1) is 21.4. The van der Waals surface area contributed by atoms with Gasteiger partial charge >= 0.3 is 0 Å². The fourth-order valence-corrected chi connectivity index (χ4v) is 6.63. The van der Waals surface area contributed by atoms with E-state index in [2.05, 4.69) is 0 Å². The standard InChI is InChI=1S/C21H22Cl2N2O4S/c1-29-20-7-6-16(10-17(20)23)25-19-13-30(27,28)12-18(19)24(11-21(25)26)9-8-14-2-4-15(22)5-3-14/h2-7,10,18-19H,8-9,11-13H2,1H3/t18-,19+/m0/s1. The number of benzene rings is 2. The minimum absolute atomic E-state index is 0.0476. The van der Waals surface area contributed by atoms with Gasteiger partial charge in [0.1, 0.15) is 5.75 Å². The van der Waals surface area contributed by atoms with Crippen LogP contribution < -0.4 is 9.64 Å². The van der Waals surface area contributed by atoms with Crippen LogP contribution in [0.1, 0.15) is 5.56 Å². The van der Waals surface area contributed by atoms with Gasteiger partial charge in [-0.15, -0.1) is 0 Å². The summed E-state index contributed by atoms with van der Waals surface area (Å²) in [6.07, 6.45) is 0.710. The van der Waals surface area contributed by atoms with Crippen molar-refractivity contribution in [1.29, 1.82) is 0 Å². The summed E-state index contributed by atoms with van der Waals surface area (Å²) < 4.78 is 30.1. The van der Waals surface area contributed by atoms with Crippen LogP contribution in [0.3, 0.4) is 0 Å². The summed E-state index contributed by atoms with van der Waals surface area (Å²) in [5, 5.41) is 1.05. The zero-order chi connectivity index (χ0) is 21.5. The number of carbonyl (C=O) groups is 1. The van der Waals surface area contributed by atoms with Crippen molar-refractivity contribution in [3.05, 3.63) is 58.1 Å². The van der Waals surface area contributed by atoms with Crippen LogP contribution in [0.4, 0.5) is 5.69 Å². The summed E-state index contributed by atoms with van der Waals surface area (Å²) in [5.41, 5.74) is 1.68. The first-order chi connectivity index (χ1) is 14.3. The zero-order valence-electron chi connectivity index (χ0n) is 16.4. The Morgan fingerprint density at radius 1 is 1.07 bits per heavy atom. The van der Waals surface area contributed by atoms with Gasteiger partial charge < -0.3 is 9.64 Å². The van der Waals surface area contributed by atoms with E-state index in [-0.39, 0.29) is 30.0 Å². The second kappa shape index (κ2) is 8.38. The van der Waals surface area contributed by atoms with Gasteiger partial charge in [-0.05, 0) is 42.3 Å². The summed E-state index contributed by atoms with van der Waals surface area (Å²) in [5.74, 6) is 0.368. The number of anilines is 1. The van der Waals surface area contributed by atoms with Crippen LogP contribution in [0.15, 0.2) is 42.5 Å². The molecule has 0 radical (unpaired) electrons. The number of fused-ring (bicyclic) bond motifs is 1. The van der Waals surface area contributed by atoms with Crippen LogP contribution in [0, 0.1) is 0 Å². The number of carbonyl (C=O) groups excluding carboxylic acids is 1. The van der Waals surface area contributed by atoms with Crippen molar-refractivity contribution in [2.45, 2.75) is 18.5 Å². The lowest BCUT2D eigenvalue weighted by Gasteiger charge is -2.43. The Morgan fingerprint density at radius 3 is 2.43 bits per heavy atom. The Kier molecular flexibility index (Phi) is 5.99. The van der Waals surface area contributed by atoms with Crippen molar-refractivity contribution >= 4 is 44.6 Å². The van der Waals surface area contributed by atoms with Gasteiger partial charge in [0.15, 0.2) is 9.84 Å². The van der Waals surface area contributed by atoms with Gasteiger partial charge in [0.25, 0.3) is 0 Å². The molecule has 1 amide bonds. The Labute approximate surface area is 186 Å². The number of nitrogens with zero attached hydrogens (tertiary/aromatic N) is 2. The van der Waals surface area contributed by atoms with Crippen molar-refractivity contribution in [1.82, 2.24) is 4.90 Å². The maximum Gasteiger partial charge on any atom is 0.241 e. The molecule has 4 rings (SSSR count). The van der Waals surface area contributed by atoms with Gasteiger partial charge in [0, 0.05) is 23.3 Å². The second-order valence-corrected chi connectivity index (χ2v) is 10.6. The molecule has 2 heterocycles. The molecule has 2 fully saturated rings. The average Bonchev–Trinajstić information content (AvgIpc) is 3.02. The van der Waals surface area contributed by atoms with E-state index in [0.717, 1.165) is 5.56 Å². The Balaban J connectivity index is 1.59. The van der Waals surface area contributed by atoms with E-state index in [4.69, 9.17) is 27.9 Å². The molecule has 0 aliphatic carbocycles. The fraction of sp³-hybridized carbons (Fsp3) is 0.381. The molecule has 0 spiro atoms. The molecule has 9 heteroatoms. The number of halogens is 2. The number of amides is 1. The van der Waals surface area contributed by atoms with E-state index in [9.17, 15) is 13.2 Å². The molecule has 2 aliphatic heterocycles. The maximum absolute atomic E-state index is 13.1. The smallest absolute Gasteiger partial charge is 0.241 e. The highest BCUT2D eigenvalue weighted by Gasteiger charge is 2.49. The monoisotopic (exact) mass is 468 g/mol. The molecule has 2 saturated heterocycles. The molecule has 0 saturated carbocycles. The number of hydrogen-bond acceptors (Lipinski definition) is 5. The predicted octanol–water partition coefficient (Wildman–Crippen LogP) is 3.06. The molecule has 0 unspecified atom stereocenters. The summed E-state index contributed by atoms with van der Waals surface area (Å²) >= 11 is 12.2. The number of piperazine rings is 1. The molecular weight excluding hydrogens is 447 g/mol. The van der Waals surface area contributed by atoms with Crippen LogP contribution in [0.2, 0.25) is 10.0 Å². The van der Waals surface area contributed by atoms with Crippen LogP contribution in [0.5, 0.6) is 5.75 Å². The Hall–Kier alpha value is -1.80. The molecule has 0 bridgehead atoms. The number of sulfone groups is 1. The lowest BCUT2D eigenvalue weighted by atomic mass is 10.0. The van der Waals surface area contributed by atoms with Crippen molar-refractivity contribution in [3.63, 3.8) is 0 Å². The second-order valence-electron chi connectivity index (χ2n) is 7.64. The summed E-state index contributed by atoms with van der Waals surface area (Å²) in [6, 6.07) is 12.0. The minimum Gasteiger partial charge on any atom is -0.495 e. The zero-order valence-corrected chi connectivity index (χ0v) is 18.8. The van der Waals surface area contributed by atoms with Crippen molar-refractivity contribution in [2.24, 2.45) is 0 Å². The van der Waals surface area contributed by atoms with Gasteiger partial charge in [0.2, 0.25) is 5.91 Å². The Bertz CT molecular complexity index is 1060. The normalized spacial score (nSPS) is 23.4. The van der Waals surface area contributed by atoms with E-state index in [1.807, 2.05) is 29.2 Å². The van der Waals surface area contributed by atoms with E-state index >= 15 is 0 Å². The average molecular weight is 469 g/mol. The Morgan fingerprint density at radius 2 is 1.77 bits per heavy atom. The van der Waals surface area contributed by atoms with Crippen molar-refractivity contribution < 1.29 is 17.9 Å². The molecule has 2 atom stereocenters. The van der Waals surface area contributed by atoms with E-state index < -0.39 is 15.9 Å². The molecule has 160 valence electrons. The fourth-order valence-electron chi connectivity index (χ4n) is 4.27. The summed E-state index contributed by atoms with van der Waals surface area (Å²) in [7, 11) is -1.73. The van der Waals surface area contributed by atoms with Crippen LogP contribution >= 0.6 is 23.2 Å². The third-order valence-corrected chi connectivity index (χ3v) is 7.96. The van der Waals surface area contributed by atoms with Gasteiger partial charge in [-0.1, -0.05) is 35.3 Å². The molecule has 6 nitrogen and oxygen atoms in total.